The number of alkyl halides is 6. The van der Waals surface area contributed by atoms with E-state index in [0.717, 1.165) is 0 Å². The van der Waals surface area contributed by atoms with Gasteiger partial charge in [0.2, 0.25) is 0 Å². The fourth-order valence-corrected chi connectivity index (χ4v) is 1.39. The molecule has 0 bridgehead atoms. The zero-order valence-corrected chi connectivity index (χ0v) is 9.19. The Hall–Kier alpha value is -1.62. The van der Waals surface area contributed by atoms with Gasteiger partial charge in [-0.3, -0.25) is 0 Å². The van der Waals surface area contributed by atoms with Crippen LogP contribution in [-0.2, 0) is 5.88 Å². The van der Waals surface area contributed by atoms with Crippen LogP contribution in [0.25, 0.3) is 0 Å². The molecule has 0 saturated heterocycles. The van der Waals surface area contributed by atoms with E-state index in [9.17, 15) is 22.0 Å². The molecule has 0 aliphatic carbocycles. The molecule has 0 amide bonds. The Labute approximate surface area is 103 Å². The highest BCUT2D eigenvalue weighted by Gasteiger charge is 2.34. The highest BCUT2D eigenvalue weighted by Crippen LogP contribution is 2.35. The highest BCUT2D eigenvalue weighted by atomic mass is 35.5. The van der Waals surface area contributed by atoms with Gasteiger partial charge >= 0.3 is 6.36 Å². The minimum absolute atomic E-state index is 0.491. The topological polar surface area (TPSA) is 45.9 Å². The number of halogens is 6. The molecule has 0 radical (unpaired) electrons. The van der Waals surface area contributed by atoms with E-state index in [-0.39, 0.29) is 0 Å². The lowest BCUT2D eigenvalue weighted by Gasteiger charge is -2.15. The largest absolute Gasteiger partial charge is 0.573 e. The summed E-state index contributed by atoms with van der Waals surface area (Å²) in [5.41, 5.74) is -2.08. The molecule has 98 valence electrons. The number of ether oxygens (including phenoxy) is 1. The van der Waals surface area contributed by atoms with Crippen molar-refractivity contribution in [1.82, 2.24) is 4.98 Å². The Balaban J connectivity index is 3.40. The average Bonchev–Trinajstić information content (AvgIpc) is 2.25. The van der Waals surface area contributed by atoms with Gasteiger partial charge in [-0.05, 0) is 0 Å². The summed E-state index contributed by atoms with van der Waals surface area (Å²) < 4.78 is 64.9. The second kappa shape index (κ2) is 5.35. The van der Waals surface area contributed by atoms with Gasteiger partial charge in [0.1, 0.15) is 17.5 Å². The quantitative estimate of drug-likeness (QED) is 0.631. The lowest BCUT2D eigenvalue weighted by Crippen LogP contribution is -2.19. The number of nitrogens with zero attached hydrogens (tertiary/aromatic N) is 2. The van der Waals surface area contributed by atoms with E-state index in [1.807, 2.05) is 0 Å². The van der Waals surface area contributed by atoms with Crippen LogP contribution < -0.4 is 4.74 Å². The molecule has 0 N–H and O–H groups in total. The lowest BCUT2D eigenvalue weighted by molar-refractivity contribution is -0.275. The Morgan fingerprint density at radius 2 is 2.06 bits per heavy atom. The molecular formula is C9H4ClF5N2O. The van der Waals surface area contributed by atoms with Gasteiger partial charge < -0.3 is 4.74 Å². The third-order valence-corrected chi connectivity index (χ3v) is 2.04. The maximum atomic E-state index is 12.7. The van der Waals surface area contributed by atoms with E-state index < -0.39 is 41.4 Å². The number of aromatic nitrogens is 1. The Bertz CT molecular complexity index is 483. The van der Waals surface area contributed by atoms with Crippen LogP contribution in [0.3, 0.4) is 0 Å². The van der Waals surface area contributed by atoms with Gasteiger partial charge in [0, 0.05) is 6.07 Å². The van der Waals surface area contributed by atoms with Crippen LogP contribution in [0.15, 0.2) is 6.07 Å². The molecule has 0 saturated carbocycles. The summed E-state index contributed by atoms with van der Waals surface area (Å²) in [5.74, 6) is -1.73. The smallest absolute Gasteiger partial charge is 0.405 e. The molecular weight excluding hydrogens is 283 g/mol. The first-order valence-corrected chi connectivity index (χ1v) is 4.85. The molecule has 18 heavy (non-hydrogen) atoms. The van der Waals surface area contributed by atoms with Gasteiger partial charge in [-0.25, -0.2) is 13.8 Å². The number of hydrogen-bond acceptors (Lipinski definition) is 3. The fourth-order valence-electron chi connectivity index (χ4n) is 1.18. The van der Waals surface area contributed by atoms with Crippen LogP contribution >= 0.6 is 11.6 Å². The summed E-state index contributed by atoms with van der Waals surface area (Å²) in [5, 5.41) is 8.53. The zero-order valence-electron chi connectivity index (χ0n) is 8.43. The van der Waals surface area contributed by atoms with Crippen molar-refractivity contribution in [2.24, 2.45) is 0 Å². The van der Waals surface area contributed by atoms with E-state index in [1.54, 1.807) is 0 Å². The summed E-state index contributed by atoms with van der Waals surface area (Å²) in [6.45, 7) is 0. The van der Waals surface area contributed by atoms with Crippen molar-refractivity contribution in [3.63, 3.8) is 0 Å². The second-order valence-electron chi connectivity index (χ2n) is 2.96. The van der Waals surface area contributed by atoms with E-state index in [2.05, 4.69) is 9.72 Å². The average molecular weight is 287 g/mol. The van der Waals surface area contributed by atoms with E-state index >= 15 is 0 Å². The third kappa shape index (κ3) is 3.43. The summed E-state index contributed by atoms with van der Waals surface area (Å²) >= 11 is 5.31. The molecule has 0 aromatic carbocycles. The minimum Gasteiger partial charge on any atom is -0.405 e. The molecule has 9 heteroatoms. The first-order chi connectivity index (χ1) is 8.28. The number of pyridine rings is 1. The molecule has 3 nitrogen and oxygen atoms in total. The van der Waals surface area contributed by atoms with Crippen LogP contribution in [-0.4, -0.2) is 11.3 Å². The predicted molar refractivity (Wildman–Crippen MR) is 50.1 cm³/mol. The molecule has 0 unspecified atom stereocenters. The van der Waals surface area contributed by atoms with Crippen molar-refractivity contribution in [3.05, 3.63) is 23.0 Å². The van der Waals surface area contributed by atoms with Crippen molar-refractivity contribution in [3.8, 4) is 11.8 Å². The molecule has 0 aliphatic heterocycles. The first kappa shape index (κ1) is 14.4. The summed E-state index contributed by atoms with van der Waals surface area (Å²) in [4.78, 5) is 3.40. The standard InChI is InChI=1S/C9H4ClF5N2O/c10-2-5-7(8(11)12)6(18-9(13,14)15)1-4(3-16)17-5/h1,8H,2H2. The summed E-state index contributed by atoms with van der Waals surface area (Å²) in [7, 11) is 0. The van der Waals surface area contributed by atoms with E-state index in [0.29, 0.717) is 6.07 Å². The molecule has 1 heterocycles. The van der Waals surface area contributed by atoms with Gasteiger partial charge in [-0.15, -0.1) is 24.8 Å². The maximum absolute atomic E-state index is 12.7. The van der Waals surface area contributed by atoms with Crippen molar-refractivity contribution < 1.29 is 26.7 Å². The highest BCUT2D eigenvalue weighted by molar-refractivity contribution is 6.17. The number of nitriles is 1. The van der Waals surface area contributed by atoms with Crippen LogP contribution in [0.4, 0.5) is 22.0 Å². The molecule has 1 aromatic rings. The Morgan fingerprint density at radius 3 is 2.44 bits per heavy atom. The van der Waals surface area contributed by atoms with Gasteiger partial charge in [-0.1, -0.05) is 0 Å². The Morgan fingerprint density at radius 1 is 1.44 bits per heavy atom. The lowest BCUT2D eigenvalue weighted by atomic mass is 10.1. The molecule has 0 aliphatic rings. The normalized spacial score (nSPS) is 11.4. The Kier molecular flexibility index (Phi) is 4.29. The van der Waals surface area contributed by atoms with Crippen LogP contribution in [0.1, 0.15) is 23.4 Å². The molecule has 1 rings (SSSR count). The molecule has 0 spiro atoms. The predicted octanol–water partition coefficient (Wildman–Crippen LogP) is 3.53. The SMILES string of the molecule is N#Cc1cc(OC(F)(F)F)c(C(F)F)c(CCl)n1. The molecule has 0 fully saturated rings. The first-order valence-electron chi connectivity index (χ1n) is 4.32. The number of rotatable bonds is 3. The van der Waals surface area contributed by atoms with Crippen molar-refractivity contribution in [2.75, 3.05) is 0 Å². The van der Waals surface area contributed by atoms with Crippen LogP contribution in [0.5, 0.6) is 5.75 Å². The molecule has 1 aromatic heterocycles. The summed E-state index contributed by atoms with van der Waals surface area (Å²) in [6.07, 6.45) is -8.40. The maximum Gasteiger partial charge on any atom is 0.573 e. The zero-order chi connectivity index (χ0) is 13.9. The minimum atomic E-state index is -5.15. The van der Waals surface area contributed by atoms with Crippen LogP contribution in [0, 0.1) is 11.3 Å². The van der Waals surface area contributed by atoms with E-state index in [1.165, 1.54) is 6.07 Å². The second-order valence-corrected chi connectivity index (χ2v) is 3.23. The van der Waals surface area contributed by atoms with E-state index in [4.69, 9.17) is 16.9 Å². The van der Waals surface area contributed by atoms with Gasteiger partial charge in [0.05, 0.1) is 17.1 Å². The van der Waals surface area contributed by atoms with Gasteiger partial charge in [0.15, 0.2) is 0 Å². The van der Waals surface area contributed by atoms with Gasteiger partial charge in [0.25, 0.3) is 6.43 Å². The summed E-state index contributed by atoms with van der Waals surface area (Å²) in [6, 6.07) is 1.92. The molecule has 0 atom stereocenters. The van der Waals surface area contributed by atoms with Gasteiger partial charge in [-0.2, -0.15) is 5.26 Å². The van der Waals surface area contributed by atoms with Crippen molar-refractivity contribution in [2.45, 2.75) is 18.7 Å². The fraction of sp³-hybridized carbons (Fsp3) is 0.333. The monoisotopic (exact) mass is 286 g/mol. The number of hydrogen-bond donors (Lipinski definition) is 0. The van der Waals surface area contributed by atoms with Crippen LogP contribution in [0.2, 0.25) is 0 Å². The third-order valence-electron chi connectivity index (χ3n) is 1.78. The van der Waals surface area contributed by atoms with Crippen molar-refractivity contribution in [1.29, 1.82) is 5.26 Å². The van der Waals surface area contributed by atoms with Crippen molar-refractivity contribution >= 4 is 11.6 Å².